The molecule has 17 heavy (non-hydrogen) atoms. The van der Waals surface area contributed by atoms with Gasteiger partial charge in [0.1, 0.15) is 5.60 Å². The summed E-state index contributed by atoms with van der Waals surface area (Å²) in [6, 6.07) is 0.553. The molecule has 2 fully saturated rings. The topological polar surface area (TPSA) is 55.6 Å². The molecule has 98 valence electrons. The lowest BCUT2D eigenvalue weighted by Crippen LogP contribution is -2.56. The average Bonchev–Trinajstić information content (AvgIpc) is 2.35. The average molecular weight is 240 g/mol. The lowest BCUT2D eigenvalue weighted by molar-refractivity contribution is 0.000810. The van der Waals surface area contributed by atoms with Gasteiger partial charge in [-0.15, -0.1) is 0 Å². The first-order valence-corrected chi connectivity index (χ1v) is 6.48. The van der Waals surface area contributed by atoms with Crippen LogP contribution in [0.2, 0.25) is 0 Å². The molecule has 2 atom stereocenters. The number of nitrogens with two attached hydrogens (primary N) is 1. The molecule has 0 aromatic carbocycles. The van der Waals surface area contributed by atoms with Gasteiger partial charge >= 0.3 is 6.09 Å². The Labute approximate surface area is 103 Å². The number of carbonyl (C=O) groups is 1. The maximum atomic E-state index is 12.1. The molecule has 2 unspecified atom stereocenters. The molecule has 2 aliphatic rings. The van der Waals surface area contributed by atoms with Crippen LogP contribution in [0.15, 0.2) is 0 Å². The predicted octanol–water partition coefficient (Wildman–Crippen LogP) is 2.27. The molecule has 2 rings (SSSR count). The Bertz CT molecular complexity index is 304. The van der Waals surface area contributed by atoms with Crippen molar-refractivity contribution < 1.29 is 9.53 Å². The van der Waals surface area contributed by atoms with Gasteiger partial charge in [-0.2, -0.15) is 0 Å². The van der Waals surface area contributed by atoms with Crippen molar-refractivity contribution in [3.05, 3.63) is 0 Å². The minimum absolute atomic E-state index is 0.121. The van der Waals surface area contributed by atoms with Crippen LogP contribution in [0, 0.1) is 0 Å². The van der Waals surface area contributed by atoms with Gasteiger partial charge in [0.25, 0.3) is 0 Å². The summed E-state index contributed by atoms with van der Waals surface area (Å²) in [7, 11) is 0. The molecule has 0 saturated carbocycles. The van der Waals surface area contributed by atoms with Crippen LogP contribution in [0.5, 0.6) is 0 Å². The number of hydrogen-bond donors (Lipinski definition) is 1. The summed E-state index contributed by atoms with van der Waals surface area (Å²) in [4.78, 5) is 14.1. The van der Waals surface area contributed by atoms with Gasteiger partial charge in [0.05, 0.1) is 0 Å². The van der Waals surface area contributed by atoms with Gasteiger partial charge < -0.3 is 15.4 Å². The largest absolute Gasteiger partial charge is 0.444 e. The van der Waals surface area contributed by atoms with E-state index in [1.165, 1.54) is 0 Å². The van der Waals surface area contributed by atoms with E-state index < -0.39 is 5.60 Å². The highest BCUT2D eigenvalue weighted by atomic mass is 16.6. The summed E-state index contributed by atoms with van der Waals surface area (Å²) in [5.41, 5.74) is 5.67. The molecule has 0 aromatic rings. The Balaban J connectivity index is 2.07. The van der Waals surface area contributed by atoms with Gasteiger partial charge in [-0.3, -0.25) is 0 Å². The van der Waals surface area contributed by atoms with Crippen molar-refractivity contribution in [3.8, 4) is 0 Å². The molecule has 1 amide bonds. The molecule has 4 nitrogen and oxygen atoms in total. The van der Waals surface area contributed by atoms with E-state index in [0.29, 0.717) is 0 Å². The lowest BCUT2D eigenvalue weighted by Gasteiger charge is -2.43. The maximum Gasteiger partial charge on any atom is 0.410 e. The van der Waals surface area contributed by atoms with Crippen molar-refractivity contribution in [1.29, 1.82) is 0 Å². The minimum atomic E-state index is -0.417. The van der Waals surface area contributed by atoms with E-state index in [2.05, 4.69) is 6.92 Å². The summed E-state index contributed by atoms with van der Waals surface area (Å²) in [5.74, 6) is 0. The van der Waals surface area contributed by atoms with Crippen LogP contribution in [0.1, 0.15) is 53.4 Å². The van der Waals surface area contributed by atoms with Gasteiger partial charge in [0.2, 0.25) is 0 Å². The van der Waals surface area contributed by atoms with E-state index in [1.54, 1.807) is 0 Å². The first-order chi connectivity index (χ1) is 7.68. The molecular formula is C13H24N2O2. The van der Waals surface area contributed by atoms with E-state index in [9.17, 15) is 4.79 Å². The molecule has 0 aliphatic carbocycles. The molecular weight excluding hydrogens is 216 g/mol. The van der Waals surface area contributed by atoms with Crippen molar-refractivity contribution >= 4 is 6.09 Å². The molecule has 2 heterocycles. The Morgan fingerprint density at radius 3 is 2.18 bits per heavy atom. The van der Waals surface area contributed by atoms with Crippen LogP contribution in [0.25, 0.3) is 0 Å². The molecule has 2 N–H and O–H groups in total. The SMILES string of the molecule is CC1(N)CC2CCC(C1)N2C(=O)OC(C)(C)C. The van der Waals surface area contributed by atoms with Crippen LogP contribution in [-0.4, -0.2) is 34.2 Å². The van der Waals surface area contributed by atoms with Crippen LogP contribution in [-0.2, 0) is 4.74 Å². The fourth-order valence-electron chi connectivity index (χ4n) is 3.13. The van der Waals surface area contributed by atoms with E-state index in [1.807, 2.05) is 25.7 Å². The van der Waals surface area contributed by atoms with Crippen molar-refractivity contribution in [2.75, 3.05) is 0 Å². The lowest BCUT2D eigenvalue weighted by atomic mass is 9.86. The monoisotopic (exact) mass is 240 g/mol. The summed E-state index contributed by atoms with van der Waals surface area (Å²) in [6.07, 6.45) is 3.75. The number of amides is 1. The highest BCUT2D eigenvalue weighted by Crippen LogP contribution is 2.40. The number of nitrogens with zero attached hydrogens (tertiary/aromatic N) is 1. The second-order valence-electron chi connectivity index (χ2n) is 6.83. The van der Waals surface area contributed by atoms with Crippen LogP contribution in [0.4, 0.5) is 4.79 Å². The Morgan fingerprint density at radius 1 is 1.29 bits per heavy atom. The molecule has 2 aliphatic heterocycles. The fraction of sp³-hybridized carbons (Fsp3) is 0.923. The Morgan fingerprint density at radius 2 is 1.76 bits per heavy atom. The summed E-state index contributed by atoms with van der Waals surface area (Å²) < 4.78 is 5.47. The standard InChI is InChI=1S/C13H24N2O2/c1-12(2,3)17-11(16)15-9-5-6-10(15)8-13(4,14)7-9/h9-10H,5-8,14H2,1-4H3. The van der Waals surface area contributed by atoms with E-state index >= 15 is 0 Å². The van der Waals surface area contributed by atoms with Crippen molar-refractivity contribution in [3.63, 3.8) is 0 Å². The summed E-state index contributed by atoms with van der Waals surface area (Å²) >= 11 is 0. The Kier molecular flexibility index (Phi) is 2.89. The predicted molar refractivity (Wildman–Crippen MR) is 66.7 cm³/mol. The fourth-order valence-corrected chi connectivity index (χ4v) is 3.13. The number of ether oxygens (including phenoxy) is 1. The zero-order valence-electron chi connectivity index (χ0n) is 11.3. The van der Waals surface area contributed by atoms with Crippen LogP contribution in [0.3, 0.4) is 0 Å². The summed E-state index contributed by atoms with van der Waals surface area (Å²) in [5, 5.41) is 0. The molecule has 0 aromatic heterocycles. The zero-order chi connectivity index (χ0) is 12.8. The van der Waals surface area contributed by atoms with Crippen LogP contribution >= 0.6 is 0 Å². The van der Waals surface area contributed by atoms with E-state index in [-0.39, 0.29) is 23.7 Å². The van der Waals surface area contributed by atoms with Gasteiger partial charge in [0.15, 0.2) is 0 Å². The van der Waals surface area contributed by atoms with Gasteiger partial charge in [-0.05, 0) is 53.4 Å². The third-order valence-corrected chi connectivity index (χ3v) is 3.63. The highest BCUT2D eigenvalue weighted by molar-refractivity contribution is 5.69. The van der Waals surface area contributed by atoms with Gasteiger partial charge in [0, 0.05) is 17.6 Å². The number of rotatable bonds is 0. The second-order valence-corrected chi connectivity index (χ2v) is 6.83. The van der Waals surface area contributed by atoms with Crippen molar-refractivity contribution in [2.24, 2.45) is 5.73 Å². The molecule has 4 heteroatoms. The van der Waals surface area contributed by atoms with Crippen LogP contribution < -0.4 is 5.73 Å². The maximum absolute atomic E-state index is 12.1. The zero-order valence-corrected chi connectivity index (χ0v) is 11.3. The third kappa shape index (κ3) is 2.73. The number of hydrogen-bond acceptors (Lipinski definition) is 3. The minimum Gasteiger partial charge on any atom is -0.444 e. The normalized spacial score (nSPS) is 37.1. The molecule has 0 spiro atoms. The molecule has 2 bridgehead atoms. The first kappa shape index (κ1) is 12.7. The number of fused-ring (bicyclic) bond motifs is 2. The molecule has 0 radical (unpaired) electrons. The highest BCUT2D eigenvalue weighted by Gasteiger charge is 2.47. The van der Waals surface area contributed by atoms with Gasteiger partial charge in [-0.1, -0.05) is 0 Å². The Hall–Kier alpha value is -0.770. The van der Waals surface area contributed by atoms with E-state index in [4.69, 9.17) is 10.5 Å². The third-order valence-electron chi connectivity index (χ3n) is 3.63. The smallest absolute Gasteiger partial charge is 0.410 e. The second kappa shape index (κ2) is 3.87. The summed E-state index contributed by atoms with van der Waals surface area (Å²) in [6.45, 7) is 7.81. The number of carbonyl (C=O) groups excluding carboxylic acids is 1. The number of piperidine rings is 1. The van der Waals surface area contributed by atoms with Gasteiger partial charge in [-0.25, -0.2) is 4.79 Å². The first-order valence-electron chi connectivity index (χ1n) is 6.48. The van der Waals surface area contributed by atoms with E-state index in [0.717, 1.165) is 25.7 Å². The quantitative estimate of drug-likeness (QED) is 0.706. The van der Waals surface area contributed by atoms with Crippen molar-refractivity contribution in [1.82, 2.24) is 4.90 Å². The van der Waals surface area contributed by atoms with Crippen molar-refractivity contribution in [2.45, 2.75) is 76.6 Å². The molecule has 2 saturated heterocycles.